The van der Waals surface area contributed by atoms with E-state index in [9.17, 15) is 13.6 Å². The van der Waals surface area contributed by atoms with Crippen LogP contribution in [0.1, 0.15) is 10.4 Å². The van der Waals surface area contributed by atoms with Gasteiger partial charge in [0, 0.05) is 12.6 Å². The van der Waals surface area contributed by atoms with Crippen molar-refractivity contribution >= 4 is 17.3 Å². The fraction of sp³-hybridized carbons (Fsp3) is 0.133. The Morgan fingerprint density at radius 2 is 2.10 bits per heavy atom. The SMILES string of the molecule is O=C(Nc1cc(F)ccc1F)c1cccc2c1OCCN2. The third-order valence-electron chi connectivity index (χ3n) is 3.10. The summed E-state index contributed by atoms with van der Waals surface area (Å²) in [5.41, 5.74) is 0.762. The zero-order chi connectivity index (χ0) is 14.8. The Morgan fingerprint density at radius 1 is 1.24 bits per heavy atom. The molecule has 3 rings (SSSR count). The van der Waals surface area contributed by atoms with E-state index >= 15 is 0 Å². The van der Waals surface area contributed by atoms with Crippen LogP contribution in [0.2, 0.25) is 0 Å². The van der Waals surface area contributed by atoms with Crippen LogP contribution >= 0.6 is 0 Å². The first-order valence-electron chi connectivity index (χ1n) is 6.41. The van der Waals surface area contributed by atoms with Crippen LogP contribution in [0, 0.1) is 11.6 Å². The smallest absolute Gasteiger partial charge is 0.259 e. The van der Waals surface area contributed by atoms with Gasteiger partial charge in [-0.15, -0.1) is 0 Å². The number of amides is 1. The summed E-state index contributed by atoms with van der Waals surface area (Å²) in [5, 5.41) is 5.46. The standard InChI is InChI=1S/C15H12F2N2O2/c16-9-4-5-11(17)13(8-9)19-15(20)10-2-1-3-12-14(10)21-7-6-18-12/h1-5,8,18H,6-7H2,(H,19,20). The van der Waals surface area contributed by atoms with E-state index < -0.39 is 17.5 Å². The van der Waals surface area contributed by atoms with E-state index in [1.807, 2.05) is 0 Å². The number of anilines is 2. The van der Waals surface area contributed by atoms with E-state index in [4.69, 9.17) is 4.74 Å². The highest BCUT2D eigenvalue weighted by Gasteiger charge is 2.20. The summed E-state index contributed by atoms with van der Waals surface area (Å²) in [4.78, 5) is 12.2. The first kappa shape index (κ1) is 13.4. The Kier molecular flexibility index (Phi) is 3.43. The van der Waals surface area contributed by atoms with Crippen LogP contribution in [0.5, 0.6) is 5.75 Å². The molecule has 0 radical (unpaired) electrons. The molecule has 0 spiro atoms. The molecule has 0 bridgehead atoms. The molecule has 2 N–H and O–H groups in total. The van der Waals surface area contributed by atoms with Gasteiger partial charge in [0.1, 0.15) is 18.2 Å². The molecule has 108 valence electrons. The summed E-state index contributed by atoms with van der Waals surface area (Å²) < 4.78 is 32.2. The first-order valence-corrected chi connectivity index (χ1v) is 6.41. The molecule has 4 nitrogen and oxygen atoms in total. The van der Waals surface area contributed by atoms with Crippen molar-refractivity contribution in [2.45, 2.75) is 0 Å². The van der Waals surface area contributed by atoms with Crippen molar-refractivity contribution in [3.05, 3.63) is 53.6 Å². The topological polar surface area (TPSA) is 50.4 Å². The van der Waals surface area contributed by atoms with Crippen molar-refractivity contribution in [3.8, 4) is 5.75 Å². The van der Waals surface area contributed by atoms with Crippen molar-refractivity contribution in [1.82, 2.24) is 0 Å². The molecule has 2 aromatic carbocycles. The molecule has 0 aliphatic carbocycles. The summed E-state index contributed by atoms with van der Waals surface area (Å²) in [7, 11) is 0. The fourth-order valence-electron chi connectivity index (χ4n) is 2.13. The molecule has 0 aromatic heterocycles. The molecule has 0 atom stereocenters. The van der Waals surface area contributed by atoms with Gasteiger partial charge in [0.2, 0.25) is 0 Å². The molecule has 0 saturated heterocycles. The Balaban J connectivity index is 1.91. The summed E-state index contributed by atoms with van der Waals surface area (Å²) in [6, 6.07) is 7.93. The van der Waals surface area contributed by atoms with Crippen molar-refractivity contribution < 1.29 is 18.3 Å². The molecule has 21 heavy (non-hydrogen) atoms. The molecule has 0 unspecified atom stereocenters. The lowest BCUT2D eigenvalue weighted by atomic mass is 10.1. The van der Waals surface area contributed by atoms with Gasteiger partial charge in [-0.1, -0.05) is 6.07 Å². The zero-order valence-corrected chi connectivity index (χ0v) is 11.0. The predicted molar refractivity (Wildman–Crippen MR) is 74.7 cm³/mol. The molecular formula is C15H12F2N2O2. The van der Waals surface area contributed by atoms with Crippen LogP contribution in [0.15, 0.2) is 36.4 Å². The van der Waals surface area contributed by atoms with Crippen LogP contribution in [0.3, 0.4) is 0 Å². The van der Waals surface area contributed by atoms with Gasteiger partial charge >= 0.3 is 0 Å². The number of carbonyl (C=O) groups is 1. The van der Waals surface area contributed by atoms with Crippen LogP contribution < -0.4 is 15.4 Å². The number of hydrogen-bond donors (Lipinski definition) is 2. The Hall–Kier alpha value is -2.63. The summed E-state index contributed by atoms with van der Waals surface area (Å²) in [6.07, 6.45) is 0. The molecular weight excluding hydrogens is 278 g/mol. The number of fused-ring (bicyclic) bond motifs is 1. The van der Waals surface area contributed by atoms with E-state index in [0.29, 0.717) is 24.6 Å². The number of rotatable bonds is 2. The molecule has 2 aromatic rings. The van der Waals surface area contributed by atoms with Gasteiger partial charge < -0.3 is 15.4 Å². The second kappa shape index (κ2) is 5.40. The monoisotopic (exact) mass is 290 g/mol. The minimum Gasteiger partial charge on any atom is -0.489 e. The third kappa shape index (κ3) is 2.65. The van der Waals surface area contributed by atoms with Crippen molar-refractivity contribution in [2.75, 3.05) is 23.8 Å². The predicted octanol–water partition coefficient (Wildman–Crippen LogP) is 3.02. The molecule has 1 amide bonds. The van der Waals surface area contributed by atoms with Crippen molar-refractivity contribution in [2.24, 2.45) is 0 Å². The summed E-state index contributed by atoms with van der Waals surface area (Å²) in [6.45, 7) is 1.09. The number of ether oxygens (including phenoxy) is 1. The average Bonchev–Trinajstić information content (AvgIpc) is 2.50. The lowest BCUT2D eigenvalue weighted by Crippen LogP contribution is -2.22. The van der Waals surface area contributed by atoms with Gasteiger partial charge in [-0.3, -0.25) is 4.79 Å². The molecule has 0 fully saturated rings. The lowest BCUT2D eigenvalue weighted by molar-refractivity contribution is 0.102. The molecule has 1 heterocycles. The minimum atomic E-state index is -0.700. The maximum absolute atomic E-state index is 13.6. The van der Waals surface area contributed by atoms with E-state index in [1.165, 1.54) is 0 Å². The molecule has 6 heteroatoms. The number of hydrogen-bond acceptors (Lipinski definition) is 3. The number of para-hydroxylation sites is 1. The number of halogens is 2. The third-order valence-corrected chi connectivity index (χ3v) is 3.10. The second-order valence-electron chi connectivity index (χ2n) is 4.54. The van der Waals surface area contributed by atoms with Crippen molar-refractivity contribution in [1.29, 1.82) is 0 Å². The van der Waals surface area contributed by atoms with Gasteiger partial charge in [0.25, 0.3) is 5.91 Å². The van der Waals surface area contributed by atoms with Gasteiger partial charge in [-0.2, -0.15) is 0 Å². The normalized spacial score (nSPS) is 12.9. The van der Waals surface area contributed by atoms with Gasteiger partial charge in [-0.25, -0.2) is 8.78 Å². The highest BCUT2D eigenvalue weighted by Crippen LogP contribution is 2.31. The summed E-state index contributed by atoms with van der Waals surface area (Å²) >= 11 is 0. The number of nitrogens with one attached hydrogen (secondary N) is 2. The Morgan fingerprint density at radius 3 is 2.95 bits per heavy atom. The van der Waals surface area contributed by atoms with E-state index in [2.05, 4.69) is 10.6 Å². The second-order valence-corrected chi connectivity index (χ2v) is 4.54. The van der Waals surface area contributed by atoms with Crippen molar-refractivity contribution in [3.63, 3.8) is 0 Å². The minimum absolute atomic E-state index is 0.207. The first-order chi connectivity index (χ1) is 10.1. The van der Waals surface area contributed by atoms with E-state index in [0.717, 1.165) is 18.2 Å². The summed E-state index contributed by atoms with van der Waals surface area (Å²) in [5.74, 6) is -1.47. The number of benzene rings is 2. The maximum Gasteiger partial charge on any atom is 0.259 e. The average molecular weight is 290 g/mol. The van der Waals surface area contributed by atoms with Gasteiger partial charge in [0.15, 0.2) is 5.75 Å². The fourth-order valence-corrected chi connectivity index (χ4v) is 2.13. The van der Waals surface area contributed by atoms with E-state index in [1.54, 1.807) is 18.2 Å². The largest absolute Gasteiger partial charge is 0.489 e. The van der Waals surface area contributed by atoms with Gasteiger partial charge in [-0.05, 0) is 24.3 Å². The quantitative estimate of drug-likeness (QED) is 0.894. The Bertz CT molecular complexity index is 704. The maximum atomic E-state index is 13.6. The zero-order valence-electron chi connectivity index (χ0n) is 11.0. The van der Waals surface area contributed by atoms with Gasteiger partial charge in [0.05, 0.1) is 16.9 Å². The van der Waals surface area contributed by atoms with E-state index in [-0.39, 0.29) is 11.3 Å². The van der Waals surface area contributed by atoms with Crippen LogP contribution in [-0.4, -0.2) is 19.1 Å². The highest BCUT2D eigenvalue weighted by atomic mass is 19.1. The number of carbonyl (C=O) groups excluding carboxylic acids is 1. The van der Waals surface area contributed by atoms with Crippen LogP contribution in [0.4, 0.5) is 20.2 Å². The Labute approximate surface area is 119 Å². The molecule has 0 saturated carbocycles. The van der Waals surface area contributed by atoms with Crippen LogP contribution in [-0.2, 0) is 0 Å². The lowest BCUT2D eigenvalue weighted by Gasteiger charge is -2.21. The molecule has 1 aliphatic rings. The van der Waals surface area contributed by atoms with Crippen LogP contribution in [0.25, 0.3) is 0 Å². The molecule has 1 aliphatic heterocycles. The highest BCUT2D eigenvalue weighted by molar-refractivity contribution is 6.07.